The summed E-state index contributed by atoms with van der Waals surface area (Å²) < 4.78 is 10.7. The molecule has 0 aliphatic carbocycles. The molecule has 0 spiro atoms. The van der Waals surface area contributed by atoms with Gasteiger partial charge in [0.15, 0.2) is 5.76 Å². The maximum atomic E-state index is 13.1. The lowest BCUT2D eigenvalue weighted by Crippen LogP contribution is -2.27. The van der Waals surface area contributed by atoms with Crippen LogP contribution in [-0.4, -0.2) is 22.3 Å². The molecule has 0 saturated carbocycles. The van der Waals surface area contributed by atoms with Crippen LogP contribution < -0.4 is 5.32 Å². The lowest BCUT2D eigenvalue weighted by molar-refractivity contribution is 0.0941. The Balaban J connectivity index is 1.68. The van der Waals surface area contributed by atoms with E-state index in [1.165, 1.54) is 4.90 Å². The Labute approximate surface area is 166 Å². The summed E-state index contributed by atoms with van der Waals surface area (Å²) >= 11 is 1.68. The number of amides is 1. The molecule has 7 heteroatoms. The summed E-state index contributed by atoms with van der Waals surface area (Å²) in [6, 6.07) is 13.3. The van der Waals surface area contributed by atoms with Gasteiger partial charge in [-0.1, -0.05) is 17.3 Å². The van der Waals surface area contributed by atoms with Gasteiger partial charge in [0.05, 0.1) is 28.9 Å². The van der Waals surface area contributed by atoms with Gasteiger partial charge in [-0.3, -0.25) is 4.79 Å². The Kier molecular flexibility index (Phi) is 4.92. The van der Waals surface area contributed by atoms with Crippen molar-refractivity contribution >= 4 is 28.8 Å². The Morgan fingerprint density at radius 3 is 2.68 bits per heavy atom. The summed E-state index contributed by atoms with van der Waals surface area (Å²) in [5.74, 6) is 0.346. The summed E-state index contributed by atoms with van der Waals surface area (Å²) in [5.41, 5.74) is 2.95. The fourth-order valence-electron chi connectivity index (χ4n) is 3.07. The average Bonchev–Trinajstić information content (AvgIpc) is 3.37. The normalized spacial score (nSPS) is 12.2. The van der Waals surface area contributed by atoms with Gasteiger partial charge in [-0.15, -0.1) is 11.8 Å². The van der Waals surface area contributed by atoms with Gasteiger partial charge in [-0.2, -0.15) is 0 Å². The molecule has 0 radical (unpaired) electrons. The maximum absolute atomic E-state index is 13.1. The molecular formula is C21H19N3O3S. The number of furan rings is 1. The summed E-state index contributed by atoms with van der Waals surface area (Å²) in [6.45, 7) is 3.75. The molecule has 1 unspecified atom stereocenters. The highest BCUT2D eigenvalue weighted by Crippen LogP contribution is 2.28. The molecule has 0 fully saturated rings. The summed E-state index contributed by atoms with van der Waals surface area (Å²) in [6.07, 6.45) is 3.60. The fraction of sp³-hybridized carbons (Fsp3) is 0.190. The van der Waals surface area contributed by atoms with E-state index in [1.807, 2.05) is 37.4 Å². The zero-order valence-corrected chi connectivity index (χ0v) is 16.5. The van der Waals surface area contributed by atoms with E-state index in [4.69, 9.17) is 8.94 Å². The van der Waals surface area contributed by atoms with Crippen molar-refractivity contribution in [3.05, 3.63) is 65.5 Å². The lowest BCUT2D eigenvalue weighted by Gasteiger charge is -2.15. The number of nitrogens with one attached hydrogen (secondary N) is 1. The number of fused-ring (bicyclic) bond motifs is 1. The van der Waals surface area contributed by atoms with Crippen molar-refractivity contribution in [1.82, 2.24) is 15.5 Å². The molecule has 0 saturated heterocycles. The highest BCUT2D eigenvalue weighted by atomic mass is 32.2. The number of carbonyl (C=O) groups excluding carboxylic acids is 1. The van der Waals surface area contributed by atoms with E-state index in [1.54, 1.807) is 43.1 Å². The van der Waals surface area contributed by atoms with Crippen LogP contribution in [0.1, 0.15) is 34.6 Å². The summed E-state index contributed by atoms with van der Waals surface area (Å²) in [7, 11) is 0. The van der Waals surface area contributed by atoms with Gasteiger partial charge in [0.25, 0.3) is 11.6 Å². The van der Waals surface area contributed by atoms with E-state index in [2.05, 4.69) is 15.5 Å². The van der Waals surface area contributed by atoms with Crippen LogP contribution in [0.15, 0.2) is 62.6 Å². The van der Waals surface area contributed by atoms with Crippen molar-refractivity contribution in [2.24, 2.45) is 0 Å². The van der Waals surface area contributed by atoms with Crippen LogP contribution in [0, 0.1) is 6.92 Å². The van der Waals surface area contributed by atoms with Crippen LogP contribution in [0.3, 0.4) is 0 Å². The Bertz CT molecular complexity index is 1120. The van der Waals surface area contributed by atoms with E-state index in [0.29, 0.717) is 33.8 Å². The number of aryl methyl sites for hydroxylation is 1. The molecule has 6 nitrogen and oxygen atoms in total. The van der Waals surface area contributed by atoms with Crippen LogP contribution >= 0.6 is 11.8 Å². The average molecular weight is 393 g/mol. The SMILES string of the molecule is CSc1ccc(C(C)NC(=O)c2cc(-c3ccco3)nc3onc(C)c23)cc1. The second kappa shape index (κ2) is 7.52. The minimum Gasteiger partial charge on any atom is -0.463 e. The summed E-state index contributed by atoms with van der Waals surface area (Å²) in [4.78, 5) is 18.7. The molecule has 142 valence electrons. The van der Waals surface area contributed by atoms with Gasteiger partial charge < -0.3 is 14.3 Å². The lowest BCUT2D eigenvalue weighted by atomic mass is 10.1. The van der Waals surface area contributed by atoms with Crippen molar-refractivity contribution in [2.45, 2.75) is 24.8 Å². The minimum absolute atomic E-state index is 0.154. The Morgan fingerprint density at radius 2 is 2.00 bits per heavy atom. The molecule has 3 heterocycles. The number of pyridine rings is 1. The maximum Gasteiger partial charge on any atom is 0.259 e. The summed E-state index contributed by atoms with van der Waals surface area (Å²) in [5, 5.41) is 7.63. The molecule has 4 rings (SSSR count). The zero-order valence-electron chi connectivity index (χ0n) is 15.7. The zero-order chi connectivity index (χ0) is 19.7. The first-order chi connectivity index (χ1) is 13.6. The molecule has 1 atom stereocenters. The van der Waals surface area contributed by atoms with Gasteiger partial charge >= 0.3 is 0 Å². The number of aromatic nitrogens is 2. The standard InChI is InChI=1S/C21H19N3O3S/c1-12(14-6-8-15(28-3)9-7-14)22-20(25)16-11-17(18-5-4-10-26-18)23-21-19(16)13(2)24-27-21/h4-12H,1-3H3,(H,22,25). The number of nitrogens with zero attached hydrogens (tertiary/aromatic N) is 2. The number of thioether (sulfide) groups is 1. The highest BCUT2D eigenvalue weighted by molar-refractivity contribution is 7.98. The number of hydrogen-bond donors (Lipinski definition) is 1. The largest absolute Gasteiger partial charge is 0.463 e. The first-order valence-corrected chi connectivity index (χ1v) is 10.0. The van der Waals surface area contributed by atoms with Crippen LogP contribution in [0.5, 0.6) is 0 Å². The molecule has 0 aliphatic rings. The molecule has 1 N–H and O–H groups in total. The Hall–Kier alpha value is -3.06. The van der Waals surface area contributed by atoms with Crippen LogP contribution in [0.25, 0.3) is 22.6 Å². The molecular weight excluding hydrogens is 374 g/mol. The first kappa shape index (κ1) is 18.3. The van der Waals surface area contributed by atoms with Crippen molar-refractivity contribution in [3.8, 4) is 11.5 Å². The quantitative estimate of drug-likeness (QED) is 0.480. The van der Waals surface area contributed by atoms with Gasteiger partial charge in [-0.25, -0.2) is 4.98 Å². The second-order valence-corrected chi connectivity index (χ2v) is 7.33. The first-order valence-electron chi connectivity index (χ1n) is 8.82. The molecule has 3 aromatic heterocycles. The smallest absolute Gasteiger partial charge is 0.259 e. The fourth-order valence-corrected chi connectivity index (χ4v) is 3.48. The predicted molar refractivity (Wildman–Crippen MR) is 108 cm³/mol. The van der Waals surface area contributed by atoms with Gasteiger partial charge in [0.1, 0.15) is 5.69 Å². The van der Waals surface area contributed by atoms with Crippen LogP contribution in [0.4, 0.5) is 0 Å². The minimum atomic E-state index is -0.215. The second-order valence-electron chi connectivity index (χ2n) is 6.45. The van der Waals surface area contributed by atoms with E-state index < -0.39 is 0 Å². The van der Waals surface area contributed by atoms with Crippen molar-refractivity contribution in [3.63, 3.8) is 0 Å². The van der Waals surface area contributed by atoms with Crippen LogP contribution in [0.2, 0.25) is 0 Å². The van der Waals surface area contributed by atoms with Crippen molar-refractivity contribution in [1.29, 1.82) is 0 Å². The Morgan fingerprint density at radius 1 is 1.21 bits per heavy atom. The van der Waals surface area contributed by atoms with Crippen LogP contribution in [-0.2, 0) is 0 Å². The molecule has 0 aliphatic heterocycles. The van der Waals surface area contributed by atoms with E-state index in [9.17, 15) is 4.79 Å². The van der Waals surface area contributed by atoms with E-state index >= 15 is 0 Å². The third kappa shape index (κ3) is 3.41. The molecule has 28 heavy (non-hydrogen) atoms. The molecule has 1 amide bonds. The third-order valence-electron chi connectivity index (χ3n) is 4.60. The number of hydrogen-bond acceptors (Lipinski definition) is 6. The van der Waals surface area contributed by atoms with E-state index in [-0.39, 0.29) is 11.9 Å². The van der Waals surface area contributed by atoms with Crippen molar-refractivity contribution in [2.75, 3.05) is 6.26 Å². The van der Waals surface area contributed by atoms with Crippen molar-refractivity contribution < 1.29 is 13.7 Å². The van der Waals surface area contributed by atoms with Gasteiger partial charge in [-0.05, 0) is 56.0 Å². The number of rotatable bonds is 5. The van der Waals surface area contributed by atoms with E-state index in [0.717, 1.165) is 5.56 Å². The highest BCUT2D eigenvalue weighted by Gasteiger charge is 2.21. The predicted octanol–water partition coefficient (Wildman–Crippen LogP) is 5.00. The van der Waals surface area contributed by atoms with Gasteiger partial charge in [0, 0.05) is 4.90 Å². The molecule has 0 bridgehead atoms. The van der Waals surface area contributed by atoms with Gasteiger partial charge in [0.2, 0.25) is 0 Å². The monoisotopic (exact) mass is 393 g/mol. The topological polar surface area (TPSA) is 81.2 Å². The number of carbonyl (C=O) groups is 1. The third-order valence-corrected chi connectivity index (χ3v) is 5.34. The molecule has 1 aromatic carbocycles. The number of benzene rings is 1. The molecule has 4 aromatic rings.